The fourth-order valence-electron chi connectivity index (χ4n) is 6.77. The van der Waals surface area contributed by atoms with Gasteiger partial charge in [-0.3, -0.25) is 4.79 Å². The zero-order valence-corrected chi connectivity index (χ0v) is 24.4. The summed E-state index contributed by atoms with van der Waals surface area (Å²) >= 11 is 0. The zero-order chi connectivity index (χ0) is 29.3. The minimum Gasteiger partial charge on any atom is -0.465 e. The lowest BCUT2D eigenvalue weighted by Gasteiger charge is -2.35. The summed E-state index contributed by atoms with van der Waals surface area (Å²) < 4.78 is 4.95. The molecule has 2 saturated carbocycles. The van der Waals surface area contributed by atoms with Crippen LogP contribution in [-0.4, -0.2) is 42.0 Å². The predicted octanol–water partition coefficient (Wildman–Crippen LogP) is 5.96. The van der Waals surface area contributed by atoms with Gasteiger partial charge in [-0.1, -0.05) is 67.4 Å². The van der Waals surface area contributed by atoms with Crippen molar-refractivity contribution in [1.82, 2.24) is 15.5 Å². The maximum atomic E-state index is 13.4. The number of urea groups is 1. The van der Waals surface area contributed by atoms with Gasteiger partial charge in [-0.2, -0.15) is 0 Å². The largest absolute Gasteiger partial charge is 0.465 e. The van der Waals surface area contributed by atoms with Crippen LogP contribution in [0.25, 0.3) is 11.1 Å². The minimum atomic E-state index is -0.373. The standard InChI is InChI=1S/C35H39N3O4/c1-35(16-6-7-17-35)37-34(41)38-18-15-28-27(24-11-8-12-25(19-24)33(40)42-2)14-13-26(31(28)22-38)21-36-32(39)30-20-29(30)23-9-4-3-5-10-23/h3-5,8-14,19,29-30H,6-7,15-18,20-22H2,1-2H3,(H,36,39)(H,37,41)/t29-,30-/m1/s1. The molecule has 0 saturated heterocycles. The van der Waals surface area contributed by atoms with Crippen molar-refractivity contribution in [2.75, 3.05) is 13.7 Å². The summed E-state index contributed by atoms with van der Waals surface area (Å²) in [6.45, 7) is 3.64. The second kappa shape index (κ2) is 11.6. The summed E-state index contributed by atoms with van der Waals surface area (Å²) in [5.74, 6) is -0.0204. The average Bonchev–Trinajstić information content (AvgIpc) is 3.72. The SMILES string of the molecule is COC(=O)c1cccc(-c2ccc(CNC(=O)[C@@H]3C[C@@H]3c3ccccc3)c3c2CCN(C(=O)NC2(C)CCCC2)C3)c1. The molecule has 2 aliphatic carbocycles. The normalized spacial score (nSPS) is 20.4. The highest BCUT2D eigenvalue weighted by Crippen LogP contribution is 2.47. The van der Waals surface area contributed by atoms with E-state index in [1.807, 2.05) is 41.3 Å². The molecule has 0 spiro atoms. The third-order valence-corrected chi connectivity index (χ3v) is 9.31. The van der Waals surface area contributed by atoms with Gasteiger partial charge in [-0.25, -0.2) is 9.59 Å². The van der Waals surface area contributed by atoms with E-state index in [2.05, 4.69) is 41.8 Å². The third kappa shape index (κ3) is 5.78. The van der Waals surface area contributed by atoms with Crippen LogP contribution in [0.3, 0.4) is 0 Å². The molecule has 7 heteroatoms. The van der Waals surface area contributed by atoms with E-state index in [9.17, 15) is 14.4 Å². The van der Waals surface area contributed by atoms with Gasteiger partial charge in [0.1, 0.15) is 0 Å². The fourth-order valence-corrected chi connectivity index (χ4v) is 6.77. The van der Waals surface area contributed by atoms with Crippen molar-refractivity contribution in [3.63, 3.8) is 0 Å². The Kier molecular flexibility index (Phi) is 7.76. The summed E-state index contributed by atoms with van der Waals surface area (Å²) in [5.41, 5.74) is 6.80. The molecule has 7 nitrogen and oxygen atoms in total. The van der Waals surface area contributed by atoms with Crippen molar-refractivity contribution < 1.29 is 19.1 Å². The number of nitrogens with one attached hydrogen (secondary N) is 2. The number of ether oxygens (including phenoxy) is 1. The number of fused-ring (bicyclic) bond motifs is 1. The first kappa shape index (κ1) is 28.0. The molecule has 2 N–H and O–H groups in total. The van der Waals surface area contributed by atoms with Crippen LogP contribution in [0.4, 0.5) is 4.79 Å². The van der Waals surface area contributed by atoms with Crippen molar-refractivity contribution in [2.45, 2.75) is 70.0 Å². The lowest BCUT2D eigenvalue weighted by molar-refractivity contribution is -0.122. The highest BCUT2D eigenvalue weighted by molar-refractivity contribution is 5.91. The number of hydrogen-bond donors (Lipinski definition) is 2. The molecule has 3 aromatic carbocycles. The van der Waals surface area contributed by atoms with Crippen molar-refractivity contribution in [3.05, 3.63) is 94.5 Å². The maximum absolute atomic E-state index is 13.4. The number of amides is 3. The summed E-state index contributed by atoms with van der Waals surface area (Å²) in [4.78, 5) is 40.7. The number of esters is 1. The third-order valence-electron chi connectivity index (χ3n) is 9.31. The number of carbonyl (C=O) groups excluding carboxylic acids is 3. The van der Waals surface area contributed by atoms with E-state index < -0.39 is 0 Å². The first-order chi connectivity index (χ1) is 20.3. The van der Waals surface area contributed by atoms with Crippen molar-refractivity contribution in [2.24, 2.45) is 5.92 Å². The Morgan fingerprint density at radius 2 is 1.76 bits per heavy atom. The molecule has 0 aromatic heterocycles. The van der Waals surface area contributed by atoms with Crippen LogP contribution in [0.1, 0.15) is 77.6 Å². The van der Waals surface area contributed by atoms with Crippen molar-refractivity contribution in [3.8, 4) is 11.1 Å². The van der Waals surface area contributed by atoms with E-state index in [-0.39, 0.29) is 35.3 Å². The summed E-state index contributed by atoms with van der Waals surface area (Å²) in [5, 5.41) is 6.50. The van der Waals surface area contributed by atoms with Gasteiger partial charge in [0.25, 0.3) is 0 Å². The lowest BCUT2D eigenvalue weighted by Crippen LogP contribution is -2.51. The van der Waals surface area contributed by atoms with E-state index in [1.165, 1.54) is 12.7 Å². The van der Waals surface area contributed by atoms with Gasteiger partial charge >= 0.3 is 12.0 Å². The molecule has 42 heavy (non-hydrogen) atoms. The molecule has 6 rings (SSSR count). The van der Waals surface area contributed by atoms with Crippen LogP contribution in [0.15, 0.2) is 66.7 Å². The summed E-state index contributed by atoms with van der Waals surface area (Å²) in [6, 6.07) is 21.8. The molecule has 1 aliphatic heterocycles. The highest BCUT2D eigenvalue weighted by atomic mass is 16.5. The first-order valence-corrected chi connectivity index (χ1v) is 15.1. The van der Waals surface area contributed by atoms with E-state index in [1.54, 1.807) is 6.07 Å². The van der Waals surface area contributed by atoms with Crippen LogP contribution >= 0.6 is 0 Å². The molecule has 0 bridgehead atoms. The smallest absolute Gasteiger partial charge is 0.337 e. The molecular formula is C35H39N3O4. The zero-order valence-electron chi connectivity index (χ0n) is 24.4. The molecule has 0 radical (unpaired) electrons. The van der Waals surface area contributed by atoms with Crippen LogP contribution in [0.2, 0.25) is 0 Å². The molecule has 3 aliphatic rings. The first-order valence-electron chi connectivity index (χ1n) is 15.1. The van der Waals surface area contributed by atoms with Crippen LogP contribution in [-0.2, 0) is 29.0 Å². The maximum Gasteiger partial charge on any atom is 0.337 e. The number of rotatable bonds is 7. The topological polar surface area (TPSA) is 87.7 Å². The van der Waals surface area contributed by atoms with Gasteiger partial charge in [0.15, 0.2) is 0 Å². The van der Waals surface area contributed by atoms with Gasteiger partial charge in [0, 0.05) is 31.1 Å². The average molecular weight is 566 g/mol. The Balaban J connectivity index is 1.25. The number of methoxy groups -OCH3 is 1. The Hall–Kier alpha value is -4.13. The van der Waals surface area contributed by atoms with E-state index in [4.69, 9.17) is 4.74 Å². The van der Waals surface area contributed by atoms with Gasteiger partial charge in [0.2, 0.25) is 5.91 Å². The van der Waals surface area contributed by atoms with Gasteiger partial charge in [-0.15, -0.1) is 0 Å². The van der Waals surface area contributed by atoms with Gasteiger partial charge < -0.3 is 20.3 Å². The summed E-state index contributed by atoms with van der Waals surface area (Å²) in [7, 11) is 1.38. The monoisotopic (exact) mass is 565 g/mol. The molecule has 3 aromatic rings. The van der Waals surface area contributed by atoms with Crippen LogP contribution in [0, 0.1) is 5.92 Å². The van der Waals surface area contributed by atoms with Gasteiger partial charge in [0.05, 0.1) is 12.7 Å². The lowest BCUT2D eigenvalue weighted by atomic mass is 9.87. The van der Waals surface area contributed by atoms with Crippen LogP contribution < -0.4 is 10.6 Å². The van der Waals surface area contributed by atoms with E-state index in [0.717, 1.165) is 59.9 Å². The second-order valence-corrected chi connectivity index (χ2v) is 12.2. The molecule has 0 unspecified atom stereocenters. The molecule has 1 heterocycles. The number of carbonyl (C=O) groups is 3. The molecule has 2 fully saturated rings. The summed E-state index contributed by atoms with van der Waals surface area (Å²) in [6.07, 6.45) is 5.86. The number of benzene rings is 3. The molecule has 218 valence electrons. The minimum absolute atomic E-state index is 0.00186. The second-order valence-electron chi connectivity index (χ2n) is 12.2. The van der Waals surface area contributed by atoms with E-state index in [0.29, 0.717) is 31.6 Å². The number of hydrogen-bond acceptors (Lipinski definition) is 4. The van der Waals surface area contributed by atoms with E-state index >= 15 is 0 Å². The number of nitrogens with zero attached hydrogens (tertiary/aromatic N) is 1. The quantitative estimate of drug-likeness (QED) is 0.346. The van der Waals surface area contributed by atoms with Crippen molar-refractivity contribution in [1.29, 1.82) is 0 Å². The molecule has 2 atom stereocenters. The fraction of sp³-hybridized carbons (Fsp3) is 0.400. The Labute approximate surface area is 247 Å². The Morgan fingerprint density at radius 3 is 2.52 bits per heavy atom. The Bertz CT molecular complexity index is 1500. The van der Waals surface area contributed by atoms with Gasteiger partial charge in [-0.05, 0) is 84.0 Å². The molecular weight excluding hydrogens is 526 g/mol. The van der Waals surface area contributed by atoms with Crippen LogP contribution in [0.5, 0.6) is 0 Å². The predicted molar refractivity (Wildman–Crippen MR) is 162 cm³/mol. The van der Waals surface area contributed by atoms with Crippen molar-refractivity contribution >= 4 is 17.9 Å². The molecule has 3 amide bonds. The Morgan fingerprint density at radius 1 is 0.976 bits per heavy atom. The highest BCUT2D eigenvalue weighted by Gasteiger charge is 2.43.